The Morgan fingerprint density at radius 2 is 1.66 bits per heavy atom. The van der Waals surface area contributed by atoms with Gasteiger partial charge in [-0.15, -0.1) is 0 Å². The summed E-state index contributed by atoms with van der Waals surface area (Å²) in [6, 6.07) is 7.77. The van der Waals surface area contributed by atoms with Gasteiger partial charge in [-0.25, -0.2) is 9.59 Å². The van der Waals surface area contributed by atoms with Gasteiger partial charge in [0.05, 0.1) is 6.54 Å². The Kier molecular flexibility index (Phi) is 10.6. The highest BCUT2D eigenvalue weighted by molar-refractivity contribution is 5.95. The first-order chi connectivity index (χ1) is 16.2. The lowest BCUT2D eigenvalue weighted by molar-refractivity contribution is -0.192. The molecule has 194 valence electrons. The van der Waals surface area contributed by atoms with E-state index in [-0.39, 0.29) is 25.3 Å². The molecule has 0 radical (unpaired) electrons. The van der Waals surface area contributed by atoms with Crippen molar-refractivity contribution in [2.75, 3.05) is 13.1 Å². The van der Waals surface area contributed by atoms with Gasteiger partial charge in [0.1, 0.15) is 11.6 Å². The van der Waals surface area contributed by atoms with Crippen LogP contribution in [0.1, 0.15) is 31.2 Å². The number of nitrogens with one attached hydrogen (secondary N) is 1. The van der Waals surface area contributed by atoms with Crippen LogP contribution in [0.25, 0.3) is 0 Å². The summed E-state index contributed by atoms with van der Waals surface area (Å²) in [4.78, 5) is 58.2. The molecule has 0 unspecified atom stereocenters. The summed E-state index contributed by atoms with van der Waals surface area (Å²) >= 11 is 0. The highest BCUT2D eigenvalue weighted by atomic mass is 19.4. The predicted octanol–water partition coefficient (Wildman–Crippen LogP) is 0.617. The lowest BCUT2D eigenvalue weighted by Gasteiger charge is -2.38. The number of carboxylic acid groups (broad SMARTS) is 3. The lowest BCUT2D eigenvalue weighted by Crippen LogP contribution is -2.61. The molecule has 6 N–H and O–H groups in total. The van der Waals surface area contributed by atoms with Crippen LogP contribution in [-0.2, 0) is 30.4 Å². The van der Waals surface area contributed by atoms with Crippen molar-refractivity contribution in [1.29, 1.82) is 0 Å². The molecule has 1 heterocycles. The third kappa shape index (κ3) is 8.55. The fourth-order valence-electron chi connectivity index (χ4n) is 3.60. The third-order valence-corrected chi connectivity index (χ3v) is 5.22. The van der Waals surface area contributed by atoms with E-state index in [1.165, 1.54) is 4.90 Å². The normalized spacial score (nSPS) is 18.1. The number of rotatable bonds is 9. The molecule has 1 aromatic carbocycles. The summed E-state index contributed by atoms with van der Waals surface area (Å²) in [6.45, 7) is 0.0916. The van der Waals surface area contributed by atoms with Crippen molar-refractivity contribution in [2.24, 2.45) is 5.73 Å². The predicted molar refractivity (Wildman–Crippen MR) is 113 cm³/mol. The third-order valence-electron chi connectivity index (χ3n) is 5.22. The van der Waals surface area contributed by atoms with Gasteiger partial charge in [0.15, 0.2) is 0 Å². The minimum absolute atomic E-state index is 0.219. The molecule has 2 atom stereocenters. The molecule has 1 saturated heterocycles. The molecular weight excluding hydrogens is 479 g/mol. The first-order valence-electron chi connectivity index (χ1n) is 10.3. The smallest absolute Gasteiger partial charge is 0.481 e. The number of carboxylic acids is 3. The van der Waals surface area contributed by atoms with Crippen LogP contribution in [0.15, 0.2) is 30.3 Å². The van der Waals surface area contributed by atoms with Crippen molar-refractivity contribution in [3.8, 4) is 0 Å². The molecule has 2 amide bonds. The second-order valence-electron chi connectivity index (χ2n) is 7.65. The molecule has 1 fully saturated rings. The largest absolute Gasteiger partial charge is 0.490 e. The van der Waals surface area contributed by atoms with E-state index in [1.54, 1.807) is 0 Å². The van der Waals surface area contributed by atoms with Gasteiger partial charge in [0, 0.05) is 19.4 Å². The van der Waals surface area contributed by atoms with Gasteiger partial charge in [-0.2, -0.15) is 13.2 Å². The number of benzene rings is 1. The molecule has 11 nitrogen and oxygen atoms in total. The topological polar surface area (TPSA) is 187 Å². The molecule has 1 aliphatic heterocycles. The van der Waals surface area contributed by atoms with Crippen LogP contribution < -0.4 is 11.1 Å². The quantitative estimate of drug-likeness (QED) is 0.320. The van der Waals surface area contributed by atoms with E-state index >= 15 is 0 Å². The summed E-state index contributed by atoms with van der Waals surface area (Å²) in [5.74, 6) is -6.22. The summed E-state index contributed by atoms with van der Waals surface area (Å²) in [6.07, 6.45) is -4.56. The van der Waals surface area contributed by atoms with Crippen LogP contribution in [0.4, 0.5) is 13.2 Å². The van der Waals surface area contributed by atoms with Crippen molar-refractivity contribution in [3.05, 3.63) is 35.9 Å². The first kappa shape index (κ1) is 29.4. The fourth-order valence-corrected chi connectivity index (χ4v) is 3.60. The van der Waals surface area contributed by atoms with Gasteiger partial charge in [-0.05, 0) is 24.8 Å². The number of carbonyl (C=O) groups is 5. The van der Waals surface area contributed by atoms with Crippen LogP contribution in [0, 0.1) is 0 Å². The number of nitrogens with zero attached hydrogens (tertiary/aromatic N) is 1. The molecule has 1 aromatic rings. The average Bonchev–Trinajstić information content (AvgIpc) is 3.20. The number of aliphatic carboxylic acids is 3. The van der Waals surface area contributed by atoms with E-state index in [0.717, 1.165) is 5.56 Å². The van der Waals surface area contributed by atoms with Gasteiger partial charge in [0.25, 0.3) is 0 Å². The zero-order valence-corrected chi connectivity index (χ0v) is 18.5. The van der Waals surface area contributed by atoms with Gasteiger partial charge in [-0.3, -0.25) is 14.4 Å². The van der Waals surface area contributed by atoms with Crippen molar-refractivity contribution >= 4 is 29.7 Å². The number of alkyl halides is 3. The standard InChI is InChI=1S/C19H25N3O6.C2HF3O2/c20-12-15(23)22-10-4-9-19(22,11-13-5-2-1-3-6-13)18(28)21-14(17(26)27)7-8-16(24)25;3-2(4,5)1(6)7/h1-3,5-6,14H,4,7-12,20H2,(H,21,28)(H,24,25)(H,26,27);(H,6,7)/t14-,19+;/m0./s1. The lowest BCUT2D eigenvalue weighted by atomic mass is 9.86. The summed E-state index contributed by atoms with van der Waals surface area (Å²) in [5, 5.41) is 27.7. The highest BCUT2D eigenvalue weighted by Crippen LogP contribution is 2.33. The molecule has 0 aliphatic carbocycles. The van der Waals surface area contributed by atoms with Gasteiger partial charge in [0.2, 0.25) is 11.8 Å². The summed E-state index contributed by atoms with van der Waals surface area (Å²) in [5.41, 5.74) is 5.09. The Hall–Kier alpha value is -3.68. The van der Waals surface area contributed by atoms with Crippen molar-refractivity contribution in [1.82, 2.24) is 10.2 Å². The number of likely N-dealkylation sites (tertiary alicyclic amines) is 1. The summed E-state index contributed by atoms with van der Waals surface area (Å²) in [7, 11) is 0. The van der Waals surface area contributed by atoms with Crippen molar-refractivity contribution in [3.63, 3.8) is 0 Å². The van der Waals surface area contributed by atoms with E-state index in [4.69, 9.17) is 20.7 Å². The number of halogens is 3. The molecule has 2 rings (SSSR count). The Morgan fingerprint density at radius 3 is 2.11 bits per heavy atom. The average molecular weight is 505 g/mol. The maximum Gasteiger partial charge on any atom is 0.490 e. The number of hydrogen-bond donors (Lipinski definition) is 5. The van der Waals surface area contributed by atoms with E-state index in [1.807, 2.05) is 30.3 Å². The second kappa shape index (κ2) is 12.7. The van der Waals surface area contributed by atoms with Crippen molar-refractivity contribution in [2.45, 2.75) is 49.9 Å². The number of amides is 2. The number of carbonyl (C=O) groups excluding carboxylic acids is 2. The summed E-state index contributed by atoms with van der Waals surface area (Å²) < 4.78 is 31.7. The molecule has 0 spiro atoms. The van der Waals surface area contributed by atoms with E-state index in [0.29, 0.717) is 19.4 Å². The monoisotopic (exact) mass is 505 g/mol. The molecule has 0 bridgehead atoms. The minimum atomic E-state index is -5.08. The zero-order chi connectivity index (χ0) is 26.8. The Morgan fingerprint density at radius 1 is 1.09 bits per heavy atom. The highest BCUT2D eigenvalue weighted by Gasteiger charge is 2.50. The molecule has 1 aliphatic rings. The van der Waals surface area contributed by atoms with E-state index in [2.05, 4.69) is 5.32 Å². The number of nitrogens with two attached hydrogens (primary N) is 1. The van der Waals surface area contributed by atoms with Crippen LogP contribution in [0.2, 0.25) is 0 Å². The molecule has 0 saturated carbocycles. The van der Waals surface area contributed by atoms with Crippen LogP contribution in [0.5, 0.6) is 0 Å². The molecule has 0 aromatic heterocycles. The van der Waals surface area contributed by atoms with E-state index in [9.17, 15) is 37.5 Å². The first-order valence-corrected chi connectivity index (χ1v) is 10.3. The maximum absolute atomic E-state index is 13.2. The Balaban J connectivity index is 0.000000762. The zero-order valence-electron chi connectivity index (χ0n) is 18.5. The molecule has 14 heteroatoms. The van der Waals surface area contributed by atoms with Gasteiger partial charge in [-0.1, -0.05) is 30.3 Å². The van der Waals surface area contributed by atoms with Crippen LogP contribution in [0.3, 0.4) is 0 Å². The fraction of sp³-hybridized carbons (Fsp3) is 0.476. The van der Waals surface area contributed by atoms with Gasteiger partial charge >= 0.3 is 24.1 Å². The Labute approximate surface area is 197 Å². The second-order valence-corrected chi connectivity index (χ2v) is 7.65. The van der Waals surface area contributed by atoms with Crippen molar-refractivity contribution < 1.29 is 52.5 Å². The molecular formula is C21H26F3N3O8. The Bertz CT molecular complexity index is 926. The van der Waals surface area contributed by atoms with Gasteiger partial charge < -0.3 is 31.3 Å². The van der Waals surface area contributed by atoms with Crippen LogP contribution in [-0.4, -0.2) is 80.8 Å². The molecule has 35 heavy (non-hydrogen) atoms. The SMILES string of the molecule is NCC(=O)N1CCC[C@@]1(Cc1ccccc1)C(=O)N[C@@H](CCC(=O)O)C(=O)O.O=C(O)C(F)(F)F. The minimum Gasteiger partial charge on any atom is -0.481 e. The maximum atomic E-state index is 13.2. The number of hydrogen-bond acceptors (Lipinski definition) is 6. The van der Waals surface area contributed by atoms with E-state index < -0.39 is 48.0 Å². The van der Waals surface area contributed by atoms with Crippen LogP contribution >= 0.6 is 0 Å².